The Morgan fingerprint density at radius 1 is 0.636 bits per heavy atom. The summed E-state index contributed by atoms with van der Waals surface area (Å²) < 4.78 is 58.4. The molecule has 7 rings (SSSR count). The lowest BCUT2D eigenvalue weighted by molar-refractivity contribution is -0.353. The largest absolute Gasteiger partial charge is 0.454 e. The number of amides is 1. The molecule has 0 bridgehead atoms. The van der Waals surface area contributed by atoms with Crippen molar-refractivity contribution in [2.75, 3.05) is 19.8 Å². The number of benzene rings is 5. The minimum atomic E-state index is -3.35. The fourth-order valence-corrected chi connectivity index (χ4v) is 14.3. The molecule has 0 unspecified atom stereocenters. The van der Waals surface area contributed by atoms with Gasteiger partial charge in [0, 0.05) is 6.42 Å². The van der Waals surface area contributed by atoms with Crippen LogP contribution >= 0.6 is 34.8 Å². The van der Waals surface area contributed by atoms with Crippen LogP contribution in [-0.4, -0.2) is 116 Å². The smallest absolute Gasteiger partial charge is 0.306 e. The molecule has 0 spiro atoms. The van der Waals surface area contributed by atoms with Gasteiger partial charge in [0.25, 0.3) is 18.0 Å². The standard InChI is InChI=1S/C59H68Cl3NO13Si/c1-6-34-69-56-54(75-48(65)33-32-40(2)64)53(71-37-43-26-16-9-17-27-43)51(47(74-56)39-72-77(58(3,4)5,44-28-18-10-19-29-44)45-30-20-11-21-31-45)76-55-49(63-57(67)59(60,61)62)52(70-36-42-24-14-8-15-25-42)50(66)46(73-55)38-68-35-41-22-12-7-13-23-41/h6-31,46-47,49-56,66H,1,32-39H2,2-5H3,(H,63,67)/t46-,47-,49-,50+,51-,52-,53+,54+,55+,56+/m1/s1. The molecule has 412 valence electrons. The van der Waals surface area contributed by atoms with E-state index in [0.29, 0.717) is 0 Å². The molecule has 0 saturated carbocycles. The summed E-state index contributed by atoms with van der Waals surface area (Å²) >= 11 is 18.8. The van der Waals surface area contributed by atoms with Crippen LogP contribution in [0.4, 0.5) is 0 Å². The van der Waals surface area contributed by atoms with Crippen molar-refractivity contribution < 1.29 is 61.8 Å². The Bertz CT molecular complexity index is 2580. The van der Waals surface area contributed by atoms with E-state index in [1.54, 1.807) is 0 Å². The van der Waals surface area contributed by atoms with E-state index < -0.39 is 90.4 Å². The minimum Gasteiger partial charge on any atom is -0.454 e. The second kappa shape index (κ2) is 28.4. The molecule has 18 heteroatoms. The number of nitrogens with one attached hydrogen (secondary N) is 1. The van der Waals surface area contributed by atoms with Crippen molar-refractivity contribution in [2.24, 2.45) is 0 Å². The van der Waals surface area contributed by atoms with Gasteiger partial charge in [0.2, 0.25) is 0 Å². The number of ketones is 1. The first-order valence-electron chi connectivity index (χ1n) is 25.6. The predicted octanol–water partition coefficient (Wildman–Crippen LogP) is 8.49. The van der Waals surface area contributed by atoms with Gasteiger partial charge in [-0.3, -0.25) is 9.59 Å². The van der Waals surface area contributed by atoms with Crippen molar-refractivity contribution in [1.29, 1.82) is 0 Å². The SMILES string of the molecule is C=CCO[C@H]1O[C@H](CO[Si](c2ccccc2)(c2ccccc2)C(C)(C)C)[C@@H](O[C@@H]2O[C@H](COCc3ccccc3)[C@H](O)[C@H](OCc3ccccc3)[C@H]2NC(=O)C(Cl)(Cl)Cl)[C@H](OCc2ccccc2)[C@@H]1OC(=O)CCC(C)=O. The number of ether oxygens (including phenoxy) is 8. The molecule has 2 saturated heterocycles. The highest BCUT2D eigenvalue weighted by atomic mass is 35.6. The fourth-order valence-electron chi connectivity index (χ4n) is 9.56. The molecule has 2 heterocycles. The molecule has 2 fully saturated rings. The number of alkyl halides is 3. The summed E-state index contributed by atoms with van der Waals surface area (Å²) in [4.78, 5) is 40.0. The lowest BCUT2D eigenvalue weighted by Gasteiger charge is -2.50. The van der Waals surface area contributed by atoms with Gasteiger partial charge in [0.1, 0.15) is 48.4 Å². The number of hydrogen-bond acceptors (Lipinski definition) is 13. The van der Waals surface area contributed by atoms with Crippen molar-refractivity contribution in [3.8, 4) is 0 Å². The highest BCUT2D eigenvalue weighted by molar-refractivity contribution is 6.99. The van der Waals surface area contributed by atoms with Crippen LogP contribution < -0.4 is 15.7 Å². The average molecular weight is 1130 g/mol. The van der Waals surface area contributed by atoms with E-state index in [1.807, 2.05) is 127 Å². The first-order valence-corrected chi connectivity index (χ1v) is 28.6. The Kier molecular flexibility index (Phi) is 22.0. The third kappa shape index (κ3) is 16.2. The summed E-state index contributed by atoms with van der Waals surface area (Å²) in [6.07, 6.45) is -10.8. The molecule has 1 amide bonds. The molecule has 2 aliphatic heterocycles. The van der Waals surface area contributed by atoms with Crippen molar-refractivity contribution in [3.05, 3.63) is 181 Å². The molecule has 14 nitrogen and oxygen atoms in total. The van der Waals surface area contributed by atoms with E-state index in [2.05, 4.69) is 56.9 Å². The zero-order valence-corrected chi connectivity index (χ0v) is 46.9. The van der Waals surface area contributed by atoms with E-state index in [0.717, 1.165) is 27.1 Å². The number of esters is 1. The first-order chi connectivity index (χ1) is 37.0. The van der Waals surface area contributed by atoms with Crippen LogP contribution in [-0.2, 0) is 76.5 Å². The van der Waals surface area contributed by atoms with Gasteiger partial charge >= 0.3 is 5.97 Å². The molecule has 2 N–H and O–H groups in total. The van der Waals surface area contributed by atoms with Crippen molar-refractivity contribution in [3.63, 3.8) is 0 Å². The highest BCUT2D eigenvalue weighted by Crippen LogP contribution is 2.40. The van der Waals surface area contributed by atoms with Crippen molar-refractivity contribution >= 4 is 71.2 Å². The van der Waals surface area contributed by atoms with E-state index in [4.69, 9.17) is 77.1 Å². The zero-order valence-electron chi connectivity index (χ0n) is 43.6. The molecule has 5 aromatic carbocycles. The van der Waals surface area contributed by atoms with Gasteiger partial charge in [-0.25, -0.2) is 0 Å². The van der Waals surface area contributed by atoms with Crippen LogP contribution in [0.15, 0.2) is 164 Å². The maximum absolute atomic E-state index is 13.9. The van der Waals surface area contributed by atoms with E-state index >= 15 is 0 Å². The summed E-state index contributed by atoms with van der Waals surface area (Å²) in [6, 6.07) is 46.7. The van der Waals surface area contributed by atoms with E-state index in [1.165, 1.54) is 13.0 Å². The van der Waals surface area contributed by atoms with Gasteiger partial charge in [-0.1, -0.05) is 213 Å². The predicted molar refractivity (Wildman–Crippen MR) is 296 cm³/mol. The highest BCUT2D eigenvalue weighted by Gasteiger charge is 2.57. The fraction of sp³-hybridized carbons (Fsp3) is 0.407. The topological polar surface area (TPSA) is 167 Å². The van der Waals surface area contributed by atoms with E-state index in [9.17, 15) is 19.5 Å². The Morgan fingerprint density at radius 3 is 1.62 bits per heavy atom. The van der Waals surface area contributed by atoms with Crippen molar-refractivity contribution in [1.82, 2.24) is 5.32 Å². The number of rotatable bonds is 25. The zero-order chi connectivity index (χ0) is 55.0. The van der Waals surface area contributed by atoms with Crippen LogP contribution in [0.1, 0.15) is 57.2 Å². The van der Waals surface area contributed by atoms with Gasteiger partial charge in [0.05, 0.1) is 46.1 Å². The van der Waals surface area contributed by atoms with Gasteiger partial charge < -0.3 is 57.5 Å². The molecule has 77 heavy (non-hydrogen) atoms. The molecule has 0 aromatic heterocycles. The second-order valence-corrected chi connectivity index (χ2v) is 26.5. The maximum atomic E-state index is 13.9. The van der Waals surface area contributed by atoms with Crippen LogP contribution in [0.5, 0.6) is 0 Å². The number of Topliss-reactive ketones (excluding diaryl/α,β-unsaturated/α-hetero) is 1. The summed E-state index contributed by atoms with van der Waals surface area (Å²) in [5.74, 6) is -2.02. The number of carbonyl (C=O) groups is 3. The second-order valence-electron chi connectivity index (χ2n) is 20.0. The van der Waals surface area contributed by atoms with Gasteiger partial charge in [-0.15, -0.1) is 6.58 Å². The number of hydrogen-bond donors (Lipinski definition) is 2. The summed E-state index contributed by atoms with van der Waals surface area (Å²) in [5, 5.41) is 16.6. The third-order valence-corrected chi connectivity index (χ3v) is 18.8. The Hall–Kier alpha value is -4.82. The summed E-state index contributed by atoms with van der Waals surface area (Å²) in [6.45, 7) is 11.4. The number of aliphatic hydroxyl groups is 1. The van der Waals surface area contributed by atoms with E-state index in [-0.39, 0.29) is 58.3 Å². The number of halogens is 3. The normalized spacial score (nSPS) is 23.9. The third-order valence-electron chi connectivity index (χ3n) is 13.3. The number of carbonyl (C=O) groups excluding carboxylic acids is 3. The monoisotopic (exact) mass is 1130 g/mol. The summed E-state index contributed by atoms with van der Waals surface area (Å²) in [5.41, 5.74) is 2.38. The van der Waals surface area contributed by atoms with Crippen molar-refractivity contribution in [2.45, 2.75) is 131 Å². The molecule has 2 aliphatic rings. The minimum absolute atomic E-state index is 0.0280. The Balaban J connectivity index is 1.38. The summed E-state index contributed by atoms with van der Waals surface area (Å²) in [7, 11) is -3.35. The van der Waals surface area contributed by atoms with Crippen LogP contribution in [0.2, 0.25) is 5.04 Å². The lowest BCUT2D eigenvalue weighted by atomic mass is 9.94. The quantitative estimate of drug-likeness (QED) is 0.0248. The van der Waals surface area contributed by atoms with Crippen LogP contribution in [0, 0.1) is 0 Å². The van der Waals surface area contributed by atoms with Crippen LogP contribution in [0.25, 0.3) is 0 Å². The number of aliphatic hydroxyl groups excluding tert-OH is 1. The van der Waals surface area contributed by atoms with Gasteiger partial charge in [-0.2, -0.15) is 0 Å². The molecular formula is C59H68Cl3NO13Si. The average Bonchev–Trinajstić information content (AvgIpc) is 3.47. The first kappa shape index (κ1) is 59.8. The molecule has 5 aromatic rings. The van der Waals surface area contributed by atoms with Crippen LogP contribution in [0.3, 0.4) is 0 Å². The van der Waals surface area contributed by atoms with Gasteiger partial charge in [-0.05, 0) is 39.0 Å². The lowest BCUT2D eigenvalue weighted by Crippen LogP contribution is -2.70. The molecule has 0 radical (unpaired) electrons. The maximum Gasteiger partial charge on any atom is 0.306 e. The molecule has 0 aliphatic carbocycles. The Morgan fingerprint density at radius 2 is 1.13 bits per heavy atom. The molecule has 10 atom stereocenters. The molecular weight excluding hydrogens is 1070 g/mol. The van der Waals surface area contributed by atoms with Gasteiger partial charge in [0.15, 0.2) is 18.7 Å². The Labute approximate surface area is 467 Å².